The lowest BCUT2D eigenvalue weighted by Crippen LogP contribution is -2.30. The van der Waals surface area contributed by atoms with E-state index in [2.05, 4.69) is 0 Å². The summed E-state index contributed by atoms with van der Waals surface area (Å²) in [6.45, 7) is -1.73. The lowest BCUT2D eigenvalue weighted by molar-refractivity contribution is -0.129. The first-order valence-corrected chi connectivity index (χ1v) is 12.5. The van der Waals surface area contributed by atoms with Gasteiger partial charge in [-0.3, -0.25) is 14.8 Å². The van der Waals surface area contributed by atoms with Crippen molar-refractivity contribution in [1.82, 2.24) is 10.4 Å². The van der Waals surface area contributed by atoms with E-state index in [1.165, 1.54) is 4.90 Å². The number of hydrogen-bond acceptors (Lipinski definition) is 5. The number of nitrogens with one attached hydrogen (secondary N) is 1. The number of hydrogen-bond donors (Lipinski definition) is 2. The Morgan fingerprint density at radius 2 is 1.66 bits per heavy atom. The summed E-state index contributed by atoms with van der Waals surface area (Å²) in [6, 6.07) is 24.8. The molecule has 38 heavy (non-hydrogen) atoms. The molecule has 0 aliphatic heterocycles. The van der Waals surface area contributed by atoms with Crippen LogP contribution in [0.5, 0.6) is 5.75 Å². The van der Waals surface area contributed by atoms with Crippen molar-refractivity contribution in [2.75, 3.05) is 6.61 Å². The highest BCUT2D eigenvalue weighted by atomic mass is 16.5. The predicted molar refractivity (Wildman–Crippen MR) is 144 cm³/mol. The van der Waals surface area contributed by atoms with E-state index in [0.29, 0.717) is 41.9 Å². The summed E-state index contributed by atoms with van der Waals surface area (Å²) < 4.78 is 29.2. The molecule has 4 rings (SSSR count). The maximum atomic E-state index is 13.9. The average molecular weight is 515 g/mol. The maximum Gasteiger partial charge on any atom is 0.254 e. The lowest BCUT2D eigenvalue weighted by Gasteiger charge is -2.24. The van der Waals surface area contributed by atoms with Gasteiger partial charge in [-0.15, -0.1) is 0 Å². The van der Waals surface area contributed by atoms with Gasteiger partial charge in [0.25, 0.3) is 5.91 Å². The predicted octanol–water partition coefficient (Wildman–Crippen LogP) is 6.23. The SMILES string of the molecule is [2H]C([2H])(c1ccccc1)N(Cc1ccccc1OCCCCCC(=O)NO)C(=O)c1ccc(-c2ccoc2)cc1. The van der Waals surface area contributed by atoms with Gasteiger partial charge < -0.3 is 14.1 Å². The molecule has 7 heteroatoms. The Kier molecular flexibility index (Phi) is 8.72. The summed E-state index contributed by atoms with van der Waals surface area (Å²) in [5, 5.41) is 8.60. The molecule has 0 aliphatic carbocycles. The number of hydroxylamine groups is 1. The topological polar surface area (TPSA) is 92.0 Å². The number of nitrogens with zero attached hydrogens (tertiary/aromatic N) is 1. The van der Waals surface area contributed by atoms with Gasteiger partial charge in [0.1, 0.15) is 5.75 Å². The van der Waals surface area contributed by atoms with E-state index >= 15 is 0 Å². The van der Waals surface area contributed by atoms with Crippen LogP contribution < -0.4 is 10.2 Å². The third-order valence-electron chi connectivity index (χ3n) is 6.00. The van der Waals surface area contributed by atoms with Gasteiger partial charge >= 0.3 is 0 Å². The van der Waals surface area contributed by atoms with Crippen LogP contribution in [0.1, 0.15) is 49.9 Å². The normalized spacial score (nSPS) is 11.8. The van der Waals surface area contributed by atoms with Crippen LogP contribution in [0.2, 0.25) is 0 Å². The molecule has 1 heterocycles. The highest BCUT2D eigenvalue weighted by Gasteiger charge is 2.19. The van der Waals surface area contributed by atoms with Crippen LogP contribution in [-0.2, 0) is 17.8 Å². The zero-order chi connectivity index (χ0) is 28.4. The van der Waals surface area contributed by atoms with Crippen molar-refractivity contribution < 1.29 is 26.7 Å². The van der Waals surface area contributed by atoms with Gasteiger partial charge in [0.15, 0.2) is 0 Å². The van der Waals surface area contributed by atoms with E-state index in [4.69, 9.17) is 17.1 Å². The van der Waals surface area contributed by atoms with Gasteiger partial charge in [0.2, 0.25) is 5.91 Å². The van der Waals surface area contributed by atoms with Crippen LogP contribution >= 0.6 is 0 Å². The summed E-state index contributed by atoms with van der Waals surface area (Å²) in [7, 11) is 0. The molecule has 0 atom stereocenters. The first kappa shape index (κ1) is 24.0. The Morgan fingerprint density at radius 1 is 0.895 bits per heavy atom. The third kappa shape index (κ3) is 7.57. The van der Waals surface area contributed by atoms with E-state index < -0.39 is 18.3 Å². The van der Waals surface area contributed by atoms with Gasteiger partial charge in [-0.05, 0) is 54.7 Å². The van der Waals surface area contributed by atoms with Crippen LogP contribution in [0.4, 0.5) is 0 Å². The van der Waals surface area contributed by atoms with E-state index in [1.54, 1.807) is 66.5 Å². The van der Waals surface area contributed by atoms with E-state index in [0.717, 1.165) is 17.5 Å². The zero-order valence-corrected chi connectivity index (χ0v) is 21.0. The number of carbonyl (C=O) groups excluding carboxylic acids is 2. The fraction of sp³-hybridized carbons (Fsp3) is 0.226. The molecule has 196 valence electrons. The minimum atomic E-state index is -2.11. The largest absolute Gasteiger partial charge is 0.493 e. The summed E-state index contributed by atoms with van der Waals surface area (Å²) >= 11 is 0. The first-order valence-electron chi connectivity index (χ1n) is 13.5. The molecule has 0 saturated carbocycles. The van der Waals surface area contributed by atoms with Crippen LogP contribution in [0, 0.1) is 0 Å². The van der Waals surface area contributed by atoms with Gasteiger partial charge in [0, 0.05) is 36.2 Å². The van der Waals surface area contributed by atoms with Crippen LogP contribution in [0.15, 0.2) is 102 Å². The second kappa shape index (κ2) is 13.8. The van der Waals surface area contributed by atoms with Gasteiger partial charge in [-0.1, -0.05) is 60.7 Å². The second-order valence-corrected chi connectivity index (χ2v) is 8.76. The minimum absolute atomic E-state index is 0.0168. The molecular formula is C31H32N2O5. The average Bonchev–Trinajstić information content (AvgIpc) is 3.53. The van der Waals surface area contributed by atoms with Crippen molar-refractivity contribution >= 4 is 11.8 Å². The second-order valence-electron chi connectivity index (χ2n) is 8.76. The monoisotopic (exact) mass is 514 g/mol. The molecule has 1 aromatic heterocycles. The summed E-state index contributed by atoms with van der Waals surface area (Å²) in [4.78, 5) is 26.3. The molecular weight excluding hydrogens is 480 g/mol. The number of carbonyl (C=O) groups is 2. The van der Waals surface area contributed by atoms with Crippen LogP contribution in [0.3, 0.4) is 0 Å². The standard InChI is InChI=1S/C31H32N2O5/c34-30(32-36)13-5-2-8-19-38-29-12-7-6-11-27(29)22-33(21-24-9-3-1-4-10-24)31(35)26-16-14-25(15-17-26)28-18-20-37-23-28/h1,3-4,6-7,9-12,14-18,20,23,36H,2,5,8,13,19,21-22H2,(H,32,34)/i21D2. The van der Waals surface area contributed by atoms with E-state index in [9.17, 15) is 9.59 Å². The third-order valence-corrected chi connectivity index (χ3v) is 6.00. The Balaban J connectivity index is 1.54. The van der Waals surface area contributed by atoms with Gasteiger partial charge in [0.05, 0.1) is 21.9 Å². The summed E-state index contributed by atoms with van der Waals surface area (Å²) in [6.07, 6.45) is 5.51. The maximum absolute atomic E-state index is 13.9. The molecule has 7 nitrogen and oxygen atoms in total. The first-order chi connectivity index (χ1) is 19.4. The van der Waals surface area contributed by atoms with E-state index in [-0.39, 0.29) is 13.0 Å². The molecule has 0 bridgehead atoms. The van der Waals surface area contributed by atoms with Crippen molar-refractivity contribution in [3.05, 3.63) is 114 Å². The number of amides is 2. The molecule has 0 aliphatic rings. The molecule has 2 amide bonds. The lowest BCUT2D eigenvalue weighted by atomic mass is 10.1. The van der Waals surface area contributed by atoms with Crippen molar-refractivity contribution in [3.63, 3.8) is 0 Å². The smallest absolute Gasteiger partial charge is 0.254 e. The van der Waals surface area contributed by atoms with Crippen molar-refractivity contribution in [1.29, 1.82) is 0 Å². The highest BCUT2D eigenvalue weighted by Crippen LogP contribution is 2.24. The Labute approximate surface area is 225 Å². The number of rotatable bonds is 13. The Morgan fingerprint density at radius 3 is 2.39 bits per heavy atom. The van der Waals surface area contributed by atoms with Crippen LogP contribution in [0.25, 0.3) is 11.1 Å². The number of benzene rings is 3. The number of ether oxygens (including phenoxy) is 1. The fourth-order valence-corrected chi connectivity index (χ4v) is 3.97. The molecule has 2 N–H and O–H groups in total. The molecule has 0 fully saturated rings. The van der Waals surface area contributed by atoms with Gasteiger partial charge in [-0.2, -0.15) is 0 Å². The van der Waals surface area contributed by atoms with E-state index in [1.807, 2.05) is 36.4 Å². The quantitative estimate of drug-likeness (QED) is 0.125. The number of para-hydroxylation sites is 1. The summed E-state index contributed by atoms with van der Waals surface area (Å²) in [5.41, 5.74) is 4.79. The number of unbranched alkanes of at least 4 members (excludes halogenated alkanes) is 2. The Bertz CT molecular complexity index is 1380. The van der Waals surface area contributed by atoms with Crippen molar-refractivity contribution in [2.24, 2.45) is 0 Å². The summed E-state index contributed by atoms with van der Waals surface area (Å²) in [5.74, 6) is -0.308. The Hall–Kier alpha value is -4.36. The van der Waals surface area contributed by atoms with Crippen LogP contribution in [-0.4, -0.2) is 28.5 Å². The molecule has 0 spiro atoms. The van der Waals surface area contributed by atoms with Crippen molar-refractivity contribution in [3.8, 4) is 16.9 Å². The highest BCUT2D eigenvalue weighted by molar-refractivity contribution is 5.94. The molecule has 0 radical (unpaired) electrons. The molecule has 3 aromatic carbocycles. The van der Waals surface area contributed by atoms with Crippen molar-refractivity contribution in [2.45, 2.75) is 38.7 Å². The van der Waals surface area contributed by atoms with Gasteiger partial charge in [-0.25, -0.2) is 5.48 Å². The molecule has 4 aromatic rings. The number of furan rings is 1. The minimum Gasteiger partial charge on any atom is -0.493 e. The molecule has 0 saturated heterocycles. The zero-order valence-electron chi connectivity index (χ0n) is 23.0. The fourth-order valence-electron chi connectivity index (χ4n) is 3.97. The molecule has 0 unspecified atom stereocenters.